The number of benzene rings is 3. The van der Waals surface area contributed by atoms with E-state index in [0.717, 1.165) is 10.9 Å². The fourth-order valence-electron chi connectivity index (χ4n) is 3.74. The molecule has 0 saturated heterocycles. The molecule has 1 aliphatic heterocycles. The second-order valence-electron chi connectivity index (χ2n) is 6.50. The molecular weight excluding hydrogens is 316 g/mol. The summed E-state index contributed by atoms with van der Waals surface area (Å²) < 4.78 is 0. The van der Waals surface area contributed by atoms with Crippen molar-refractivity contribution in [1.82, 2.24) is 4.98 Å². The average molecular weight is 334 g/mol. The summed E-state index contributed by atoms with van der Waals surface area (Å²) in [6.07, 6.45) is 6.38. The van der Waals surface area contributed by atoms with Gasteiger partial charge in [-0.1, -0.05) is 78.9 Å². The van der Waals surface area contributed by atoms with E-state index in [-0.39, 0.29) is 6.04 Å². The molecule has 26 heavy (non-hydrogen) atoms. The molecule has 3 aromatic carbocycles. The van der Waals surface area contributed by atoms with Gasteiger partial charge >= 0.3 is 0 Å². The van der Waals surface area contributed by atoms with Crippen LogP contribution in [0, 0.1) is 0 Å². The summed E-state index contributed by atoms with van der Waals surface area (Å²) in [5, 5.41) is 1.16. The van der Waals surface area contributed by atoms with Crippen molar-refractivity contribution in [3.05, 3.63) is 108 Å². The van der Waals surface area contributed by atoms with Gasteiger partial charge in [0.15, 0.2) is 0 Å². The van der Waals surface area contributed by atoms with E-state index >= 15 is 0 Å². The summed E-state index contributed by atoms with van der Waals surface area (Å²) >= 11 is 0. The van der Waals surface area contributed by atoms with Gasteiger partial charge in [-0.15, -0.1) is 0 Å². The number of aromatic nitrogens is 1. The molecule has 1 atom stereocenters. The maximum Gasteiger partial charge on any atom is 0.0945 e. The summed E-state index contributed by atoms with van der Waals surface area (Å²) in [5.41, 5.74) is 5.85. The number of rotatable bonds is 2. The third-order valence-electron chi connectivity index (χ3n) is 4.93. The van der Waals surface area contributed by atoms with Crippen molar-refractivity contribution in [2.24, 2.45) is 0 Å². The number of nitrogens with zero attached hydrogens (tertiary/aromatic N) is 2. The van der Waals surface area contributed by atoms with E-state index in [4.69, 9.17) is 4.98 Å². The van der Waals surface area contributed by atoms with Crippen molar-refractivity contribution in [3.63, 3.8) is 0 Å². The predicted molar refractivity (Wildman–Crippen MR) is 109 cm³/mol. The molecule has 0 bridgehead atoms. The fraction of sp³-hybridized carbons (Fsp3) is 0.0417. The smallest absolute Gasteiger partial charge is 0.0945 e. The number of anilines is 2. The Morgan fingerprint density at radius 1 is 0.731 bits per heavy atom. The zero-order chi connectivity index (χ0) is 17.3. The highest BCUT2D eigenvalue weighted by atomic mass is 15.2. The highest BCUT2D eigenvalue weighted by Gasteiger charge is 2.27. The lowest BCUT2D eigenvalue weighted by Gasteiger charge is -2.36. The van der Waals surface area contributed by atoms with Crippen LogP contribution in [0.4, 0.5) is 11.4 Å². The van der Waals surface area contributed by atoms with Crippen LogP contribution in [0.2, 0.25) is 0 Å². The van der Waals surface area contributed by atoms with Gasteiger partial charge in [0.2, 0.25) is 0 Å². The van der Waals surface area contributed by atoms with Crippen molar-refractivity contribution < 1.29 is 0 Å². The van der Waals surface area contributed by atoms with Gasteiger partial charge in [-0.2, -0.15) is 0 Å². The molecule has 1 aliphatic rings. The first-order valence-electron chi connectivity index (χ1n) is 8.87. The molecule has 0 fully saturated rings. The zero-order valence-electron chi connectivity index (χ0n) is 14.3. The van der Waals surface area contributed by atoms with Crippen molar-refractivity contribution >= 4 is 28.4 Å². The quantitative estimate of drug-likeness (QED) is 0.437. The Hall–Kier alpha value is -3.39. The number of fused-ring (bicyclic) bond motifs is 3. The maximum absolute atomic E-state index is 4.72. The Morgan fingerprint density at radius 3 is 2.31 bits per heavy atom. The minimum absolute atomic E-state index is 0.138. The van der Waals surface area contributed by atoms with Gasteiger partial charge in [0, 0.05) is 22.8 Å². The summed E-state index contributed by atoms with van der Waals surface area (Å²) in [6.45, 7) is 0. The zero-order valence-corrected chi connectivity index (χ0v) is 14.3. The molecule has 1 unspecified atom stereocenters. The van der Waals surface area contributed by atoms with Crippen LogP contribution >= 0.6 is 0 Å². The lowest BCUT2D eigenvalue weighted by Crippen LogP contribution is -2.25. The van der Waals surface area contributed by atoms with Crippen LogP contribution in [0.3, 0.4) is 0 Å². The molecular formula is C24H18N2. The summed E-state index contributed by atoms with van der Waals surface area (Å²) in [4.78, 5) is 7.13. The largest absolute Gasteiger partial charge is 0.328 e. The third-order valence-corrected chi connectivity index (χ3v) is 4.93. The second kappa shape index (κ2) is 6.16. The van der Waals surface area contributed by atoms with Crippen LogP contribution in [0.15, 0.2) is 97.2 Å². The maximum atomic E-state index is 4.72. The molecule has 2 nitrogen and oxygen atoms in total. The Kier molecular flexibility index (Phi) is 3.53. The summed E-state index contributed by atoms with van der Waals surface area (Å²) in [7, 11) is 0. The molecule has 0 spiro atoms. The normalized spacial score (nSPS) is 15.8. The molecule has 2 heterocycles. The van der Waals surface area contributed by atoms with E-state index in [9.17, 15) is 0 Å². The van der Waals surface area contributed by atoms with Crippen LogP contribution in [0.5, 0.6) is 0 Å². The monoisotopic (exact) mass is 334 g/mol. The van der Waals surface area contributed by atoms with Gasteiger partial charge in [-0.05, 0) is 23.8 Å². The number of hydrogen-bond acceptors (Lipinski definition) is 2. The second-order valence-corrected chi connectivity index (χ2v) is 6.50. The van der Waals surface area contributed by atoms with Crippen LogP contribution < -0.4 is 4.90 Å². The fourth-order valence-corrected chi connectivity index (χ4v) is 3.74. The van der Waals surface area contributed by atoms with E-state index in [1.54, 1.807) is 0 Å². The van der Waals surface area contributed by atoms with Gasteiger partial charge < -0.3 is 4.90 Å². The Balaban J connectivity index is 1.80. The molecule has 1 aromatic heterocycles. The summed E-state index contributed by atoms with van der Waals surface area (Å²) in [5.74, 6) is 0. The van der Waals surface area contributed by atoms with E-state index in [0.29, 0.717) is 0 Å². The van der Waals surface area contributed by atoms with Crippen molar-refractivity contribution in [1.29, 1.82) is 0 Å². The van der Waals surface area contributed by atoms with Gasteiger partial charge in [-0.25, -0.2) is 0 Å². The van der Waals surface area contributed by atoms with Crippen molar-refractivity contribution in [3.8, 4) is 0 Å². The molecule has 124 valence electrons. The lowest BCUT2D eigenvalue weighted by atomic mass is 9.95. The number of hydrogen-bond donors (Lipinski definition) is 0. The van der Waals surface area contributed by atoms with E-state index < -0.39 is 0 Å². The van der Waals surface area contributed by atoms with E-state index in [1.807, 2.05) is 12.3 Å². The van der Waals surface area contributed by atoms with E-state index in [2.05, 4.69) is 95.9 Å². The summed E-state index contributed by atoms with van der Waals surface area (Å²) in [6, 6.07) is 29.8. The first-order valence-corrected chi connectivity index (χ1v) is 8.87. The molecule has 0 aliphatic carbocycles. The van der Waals surface area contributed by atoms with Crippen LogP contribution in [0.25, 0.3) is 17.0 Å². The minimum atomic E-state index is 0.138. The topological polar surface area (TPSA) is 16.1 Å². The lowest BCUT2D eigenvalue weighted by molar-refractivity contribution is 0.847. The van der Waals surface area contributed by atoms with Crippen molar-refractivity contribution in [2.45, 2.75) is 6.04 Å². The Bertz CT molecular complexity index is 1080. The van der Waals surface area contributed by atoms with Crippen molar-refractivity contribution in [2.75, 3.05) is 4.90 Å². The molecule has 0 radical (unpaired) electrons. The molecule has 4 aromatic rings. The predicted octanol–water partition coefficient (Wildman–Crippen LogP) is 6.14. The van der Waals surface area contributed by atoms with Gasteiger partial charge in [0.25, 0.3) is 0 Å². The van der Waals surface area contributed by atoms with Crippen LogP contribution in [0.1, 0.15) is 17.2 Å². The Morgan fingerprint density at radius 2 is 1.50 bits per heavy atom. The van der Waals surface area contributed by atoms with Gasteiger partial charge in [0.05, 0.1) is 17.2 Å². The molecule has 0 N–H and O–H groups in total. The van der Waals surface area contributed by atoms with Gasteiger partial charge in [-0.3, -0.25) is 4.98 Å². The third kappa shape index (κ3) is 2.39. The molecule has 0 saturated carbocycles. The first kappa shape index (κ1) is 14.9. The van der Waals surface area contributed by atoms with Crippen LogP contribution in [-0.2, 0) is 0 Å². The number of para-hydroxylation sites is 1. The van der Waals surface area contributed by atoms with Gasteiger partial charge in [0.1, 0.15) is 0 Å². The molecule has 5 rings (SSSR count). The highest BCUT2D eigenvalue weighted by Crippen LogP contribution is 2.44. The molecule has 0 amide bonds. The number of pyridine rings is 1. The van der Waals surface area contributed by atoms with Crippen LogP contribution in [-0.4, -0.2) is 4.98 Å². The SMILES string of the molecule is C1=CC(c2ccccc2)N(c2ccccc2)c2c1ccc1cccnc21. The highest BCUT2D eigenvalue weighted by molar-refractivity contribution is 5.99. The average Bonchev–Trinajstić information content (AvgIpc) is 2.74. The Labute approximate surface area is 153 Å². The first-order chi connectivity index (χ1) is 12.9. The van der Waals surface area contributed by atoms with E-state index in [1.165, 1.54) is 22.5 Å². The molecule has 2 heteroatoms. The standard InChI is InChI=1S/C24H18N2/c1-3-8-18(9-4-1)22-16-15-20-14-13-19-10-7-17-25-23(19)24(20)26(22)21-11-5-2-6-12-21/h1-17,22H. The minimum Gasteiger partial charge on any atom is -0.328 e.